The molecule has 2 amide bonds. The number of thioether (sulfide) groups is 1. The molecule has 4 rings (SSSR count). The molecule has 4 atom stereocenters. The Labute approximate surface area is 183 Å². The molecule has 1 saturated carbocycles. The van der Waals surface area contributed by atoms with Crippen LogP contribution < -0.4 is 4.90 Å². The van der Waals surface area contributed by atoms with Gasteiger partial charge in [-0.3, -0.25) is 9.59 Å². The van der Waals surface area contributed by atoms with Gasteiger partial charge in [0, 0.05) is 4.90 Å². The van der Waals surface area contributed by atoms with Crippen molar-refractivity contribution >= 4 is 98.9 Å². The van der Waals surface area contributed by atoms with Gasteiger partial charge in [0.15, 0.2) is 4.33 Å². The minimum atomic E-state index is -1.91. The number of allylic oxidation sites excluding steroid dienone is 2. The second kappa shape index (κ2) is 5.85. The highest BCUT2D eigenvalue weighted by Gasteiger charge is 2.87. The van der Waals surface area contributed by atoms with E-state index in [2.05, 4.69) is 0 Å². The van der Waals surface area contributed by atoms with Crippen molar-refractivity contribution in [2.24, 2.45) is 11.8 Å². The van der Waals surface area contributed by atoms with Gasteiger partial charge in [0.1, 0.15) is 9.75 Å². The number of carbonyl (C=O) groups excluding carboxylic acids is 2. The number of halogens is 6. The van der Waals surface area contributed by atoms with E-state index < -0.39 is 37.7 Å². The number of fused-ring (bicyclic) bond motifs is 5. The molecule has 2 aliphatic carbocycles. The van der Waals surface area contributed by atoms with Gasteiger partial charge in [-0.2, -0.15) is 0 Å². The van der Waals surface area contributed by atoms with Gasteiger partial charge in [0.05, 0.1) is 27.6 Å². The standard InChI is InChI=1S/C16H9Cl6NO2S/c1-26-7-4-2-6(3-5-7)23-12(24)8-9(13(23)25)15(20)11(18)10(17)14(8,19)16(15,21)22/h2-5,8-9H,1H3. The highest BCUT2D eigenvalue weighted by atomic mass is 35.5. The Morgan fingerprint density at radius 2 is 1.31 bits per heavy atom. The van der Waals surface area contributed by atoms with Crippen LogP contribution in [0.25, 0.3) is 0 Å². The van der Waals surface area contributed by atoms with Crippen LogP contribution in [0.15, 0.2) is 39.2 Å². The number of nitrogens with zero attached hydrogens (tertiary/aromatic N) is 1. The summed E-state index contributed by atoms with van der Waals surface area (Å²) in [6.45, 7) is 0. The quantitative estimate of drug-likeness (QED) is 0.317. The van der Waals surface area contributed by atoms with E-state index in [1.165, 1.54) is 0 Å². The number of imide groups is 1. The fourth-order valence-electron chi connectivity index (χ4n) is 3.98. The van der Waals surface area contributed by atoms with Crippen molar-refractivity contribution in [3.63, 3.8) is 0 Å². The Hall–Kier alpha value is 0.190. The molecule has 3 nitrogen and oxygen atoms in total. The first kappa shape index (κ1) is 19.5. The van der Waals surface area contributed by atoms with Gasteiger partial charge in [-0.05, 0) is 30.5 Å². The first-order valence-corrected chi connectivity index (χ1v) is 10.9. The number of benzene rings is 1. The summed E-state index contributed by atoms with van der Waals surface area (Å²) in [4.78, 5) is 24.8. The Morgan fingerprint density at radius 1 is 0.885 bits per heavy atom. The number of carbonyl (C=O) groups is 2. The maximum atomic E-state index is 13.1. The zero-order chi connectivity index (χ0) is 19.2. The predicted octanol–water partition coefficient (Wildman–Crippen LogP) is 5.36. The van der Waals surface area contributed by atoms with Crippen LogP contribution in [0.1, 0.15) is 0 Å². The molecule has 4 unspecified atom stereocenters. The maximum Gasteiger partial charge on any atom is 0.240 e. The van der Waals surface area contributed by atoms with E-state index in [1.54, 1.807) is 23.9 Å². The van der Waals surface area contributed by atoms with E-state index in [0.29, 0.717) is 5.69 Å². The molecule has 1 aliphatic heterocycles. The highest BCUT2D eigenvalue weighted by molar-refractivity contribution is 7.98. The fraction of sp³-hybridized carbons (Fsp3) is 0.375. The normalized spacial score (nSPS) is 37.7. The Kier molecular flexibility index (Phi) is 4.39. The average Bonchev–Trinajstić information content (AvgIpc) is 3.00. The fourth-order valence-corrected chi connectivity index (χ4v) is 7.32. The van der Waals surface area contributed by atoms with Crippen LogP contribution in [0.5, 0.6) is 0 Å². The zero-order valence-electron chi connectivity index (χ0n) is 12.9. The summed E-state index contributed by atoms with van der Waals surface area (Å²) in [6.07, 6.45) is 1.92. The molecule has 3 aliphatic rings. The minimum absolute atomic E-state index is 0.0946. The molecule has 26 heavy (non-hydrogen) atoms. The van der Waals surface area contributed by atoms with E-state index in [4.69, 9.17) is 69.6 Å². The number of amides is 2. The summed E-state index contributed by atoms with van der Waals surface area (Å²) in [5.41, 5.74) is 0.411. The van der Waals surface area contributed by atoms with Gasteiger partial charge < -0.3 is 0 Å². The Bertz CT molecular complexity index is 841. The van der Waals surface area contributed by atoms with Crippen LogP contribution in [0.2, 0.25) is 0 Å². The van der Waals surface area contributed by atoms with Gasteiger partial charge in [-0.15, -0.1) is 35.0 Å². The van der Waals surface area contributed by atoms with Gasteiger partial charge in [-0.1, -0.05) is 46.4 Å². The minimum Gasteiger partial charge on any atom is -0.274 e. The summed E-state index contributed by atoms with van der Waals surface area (Å²) >= 11 is 40.3. The summed E-state index contributed by atoms with van der Waals surface area (Å²) in [5, 5.41) is -0.189. The third-order valence-corrected chi connectivity index (χ3v) is 10.2. The Balaban J connectivity index is 1.86. The van der Waals surface area contributed by atoms with Crippen molar-refractivity contribution in [3.8, 4) is 0 Å². The molecule has 1 heterocycles. The summed E-state index contributed by atoms with van der Waals surface area (Å²) in [7, 11) is 0. The van der Waals surface area contributed by atoms with E-state index in [-0.39, 0.29) is 10.1 Å². The number of rotatable bonds is 2. The molecule has 0 N–H and O–H groups in total. The molecule has 0 spiro atoms. The maximum absolute atomic E-state index is 13.1. The molecule has 2 fully saturated rings. The molecule has 1 aromatic rings. The van der Waals surface area contributed by atoms with E-state index in [1.807, 2.05) is 18.4 Å². The van der Waals surface area contributed by atoms with Crippen LogP contribution in [0.3, 0.4) is 0 Å². The monoisotopic (exact) mass is 489 g/mol. The zero-order valence-corrected chi connectivity index (χ0v) is 18.3. The summed E-state index contributed by atoms with van der Waals surface area (Å²) in [6, 6.07) is 6.97. The van der Waals surface area contributed by atoms with Gasteiger partial charge in [0.2, 0.25) is 11.8 Å². The lowest BCUT2D eigenvalue weighted by Gasteiger charge is -2.34. The van der Waals surface area contributed by atoms with Crippen molar-refractivity contribution in [2.75, 3.05) is 11.2 Å². The van der Waals surface area contributed by atoms with E-state index >= 15 is 0 Å². The molecule has 1 saturated heterocycles. The molecule has 10 heteroatoms. The molecule has 1 aromatic carbocycles. The number of hydrogen-bond donors (Lipinski definition) is 0. The van der Waals surface area contributed by atoms with Gasteiger partial charge in [-0.25, -0.2) is 4.90 Å². The average molecular weight is 492 g/mol. The molecular weight excluding hydrogens is 483 g/mol. The number of anilines is 1. The Morgan fingerprint density at radius 3 is 1.69 bits per heavy atom. The smallest absolute Gasteiger partial charge is 0.240 e. The topological polar surface area (TPSA) is 37.4 Å². The van der Waals surface area contributed by atoms with Crippen molar-refractivity contribution in [1.29, 1.82) is 0 Å². The van der Waals surface area contributed by atoms with Crippen LogP contribution in [-0.4, -0.2) is 32.2 Å². The van der Waals surface area contributed by atoms with E-state index in [9.17, 15) is 9.59 Å². The van der Waals surface area contributed by atoms with Crippen molar-refractivity contribution in [2.45, 2.75) is 19.0 Å². The van der Waals surface area contributed by atoms with Gasteiger partial charge >= 0.3 is 0 Å². The van der Waals surface area contributed by atoms with Crippen molar-refractivity contribution in [3.05, 3.63) is 34.3 Å². The lowest BCUT2D eigenvalue weighted by Crippen LogP contribution is -2.50. The second-order valence-corrected chi connectivity index (χ2v) is 10.4. The van der Waals surface area contributed by atoms with Crippen LogP contribution >= 0.6 is 81.4 Å². The molecule has 138 valence electrons. The summed E-state index contributed by atoms with van der Waals surface area (Å²) in [5.74, 6) is -3.33. The predicted molar refractivity (Wildman–Crippen MR) is 108 cm³/mol. The number of alkyl halides is 4. The molecular formula is C16H9Cl6NO2S. The lowest BCUT2D eigenvalue weighted by molar-refractivity contribution is -0.123. The number of hydrogen-bond acceptors (Lipinski definition) is 3. The van der Waals surface area contributed by atoms with E-state index in [0.717, 1.165) is 9.80 Å². The SMILES string of the molecule is CSc1ccc(N2C(=O)C3C(C2=O)C2(Cl)C(Cl)=C(Cl)C3(Cl)C2(Cl)Cl)cc1. The van der Waals surface area contributed by atoms with Gasteiger partial charge in [0.25, 0.3) is 0 Å². The molecule has 2 bridgehead atoms. The van der Waals surface area contributed by atoms with Crippen LogP contribution in [0.4, 0.5) is 5.69 Å². The largest absolute Gasteiger partial charge is 0.274 e. The third kappa shape index (κ3) is 1.93. The highest BCUT2D eigenvalue weighted by Crippen LogP contribution is 2.77. The second-order valence-electron chi connectivity index (χ2n) is 6.29. The van der Waals surface area contributed by atoms with Crippen LogP contribution in [0, 0.1) is 11.8 Å². The molecule has 0 aromatic heterocycles. The van der Waals surface area contributed by atoms with Crippen molar-refractivity contribution < 1.29 is 9.59 Å². The first-order valence-electron chi connectivity index (χ1n) is 7.38. The lowest BCUT2D eigenvalue weighted by atomic mass is 9.84. The summed E-state index contributed by atoms with van der Waals surface area (Å²) < 4.78 is -1.91. The molecule has 0 radical (unpaired) electrons. The van der Waals surface area contributed by atoms with Crippen LogP contribution in [-0.2, 0) is 9.59 Å². The first-order chi connectivity index (χ1) is 12.0. The van der Waals surface area contributed by atoms with Crippen molar-refractivity contribution in [1.82, 2.24) is 0 Å². The third-order valence-electron chi connectivity index (χ3n) is 5.24.